The number of carbonyl (C=O) groups is 1. The van der Waals surface area contributed by atoms with Gasteiger partial charge < -0.3 is 19.9 Å². The molecule has 8 heteroatoms. The molecule has 0 aliphatic heterocycles. The summed E-state index contributed by atoms with van der Waals surface area (Å²) >= 11 is 0. The number of imidazole rings is 1. The van der Waals surface area contributed by atoms with Crippen LogP contribution in [0.3, 0.4) is 0 Å². The first kappa shape index (κ1) is 27.1. The number of rotatable bonds is 10. The number of nitrogens with zero attached hydrogens (tertiary/aromatic N) is 4. The minimum atomic E-state index is -1.39. The van der Waals surface area contributed by atoms with E-state index < -0.39 is 17.6 Å². The van der Waals surface area contributed by atoms with Gasteiger partial charge in [-0.3, -0.25) is 4.79 Å². The number of benzene rings is 2. The molecule has 2 aromatic carbocycles. The first-order valence-electron chi connectivity index (χ1n) is 11.9. The molecule has 0 fully saturated rings. The lowest BCUT2D eigenvalue weighted by Gasteiger charge is -2.40. The Kier molecular flexibility index (Phi) is 8.97. The molecule has 36 heavy (non-hydrogen) atoms. The standard InChI is InChI=1S/C28H34FN5O2/c1-28(2,3)26(34(17-23(29)15-31)25(35)19-36-4)27-32-24(22-11-6-5-7-12-22)18-33(27)16-21-10-8-9-20(13-21)14-30/h5-13,18,23,26H,15-17,19,31H2,1-4H3/t23-,26-/m0/s1. The van der Waals surface area contributed by atoms with Gasteiger partial charge in [-0.1, -0.05) is 63.2 Å². The third kappa shape index (κ3) is 6.56. The van der Waals surface area contributed by atoms with Gasteiger partial charge in [0.05, 0.1) is 29.9 Å². The van der Waals surface area contributed by atoms with Crippen LogP contribution in [0.2, 0.25) is 0 Å². The molecule has 1 amide bonds. The second-order valence-electron chi connectivity index (χ2n) is 9.87. The van der Waals surface area contributed by atoms with E-state index in [1.807, 2.05) is 80.1 Å². The number of aromatic nitrogens is 2. The number of ether oxygens (including phenoxy) is 1. The van der Waals surface area contributed by atoms with Crippen LogP contribution < -0.4 is 5.73 Å². The molecule has 2 atom stereocenters. The fourth-order valence-electron chi connectivity index (χ4n) is 4.30. The molecule has 0 spiro atoms. The van der Waals surface area contributed by atoms with E-state index >= 15 is 0 Å². The van der Waals surface area contributed by atoms with Crippen molar-refractivity contribution in [2.24, 2.45) is 11.1 Å². The summed E-state index contributed by atoms with van der Waals surface area (Å²) in [5.74, 6) is 0.285. The lowest BCUT2D eigenvalue weighted by molar-refractivity contribution is -0.141. The van der Waals surface area contributed by atoms with E-state index in [0.717, 1.165) is 16.8 Å². The molecule has 1 aromatic heterocycles. The van der Waals surface area contributed by atoms with Crippen LogP contribution in [0.15, 0.2) is 60.8 Å². The van der Waals surface area contributed by atoms with Crippen LogP contribution in [0.1, 0.15) is 43.8 Å². The Hall–Kier alpha value is -3.54. The van der Waals surface area contributed by atoms with Crippen LogP contribution >= 0.6 is 0 Å². The van der Waals surface area contributed by atoms with E-state index in [4.69, 9.17) is 15.5 Å². The summed E-state index contributed by atoms with van der Waals surface area (Å²) in [4.78, 5) is 19.7. The molecule has 0 unspecified atom stereocenters. The predicted molar refractivity (Wildman–Crippen MR) is 138 cm³/mol. The molecule has 3 aromatic rings. The fourth-order valence-corrected chi connectivity index (χ4v) is 4.30. The molecule has 190 valence electrons. The number of hydrogen-bond donors (Lipinski definition) is 1. The van der Waals surface area contributed by atoms with E-state index in [2.05, 4.69) is 6.07 Å². The zero-order valence-electron chi connectivity index (χ0n) is 21.3. The van der Waals surface area contributed by atoms with Gasteiger partial charge >= 0.3 is 0 Å². The third-order valence-electron chi connectivity index (χ3n) is 5.90. The van der Waals surface area contributed by atoms with Gasteiger partial charge in [0.2, 0.25) is 5.91 Å². The molecule has 0 aliphatic rings. The molecule has 0 radical (unpaired) electrons. The molecule has 0 aliphatic carbocycles. The normalized spacial score (nSPS) is 13.1. The molecular weight excluding hydrogens is 457 g/mol. The SMILES string of the molecule is COCC(=O)N(C[C@@H](F)CN)[C@@H](c1nc(-c2ccccc2)cn1Cc1cccc(C#N)c1)C(C)(C)C. The number of methoxy groups -OCH3 is 1. The summed E-state index contributed by atoms with van der Waals surface area (Å²) in [6.45, 7) is 5.88. The number of alkyl halides is 1. The smallest absolute Gasteiger partial charge is 0.249 e. The van der Waals surface area contributed by atoms with Gasteiger partial charge in [0.1, 0.15) is 18.6 Å². The monoisotopic (exact) mass is 491 g/mol. The van der Waals surface area contributed by atoms with Crippen molar-refractivity contribution < 1.29 is 13.9 Å². The Morgan fingerprint density at radius 2 is 1.94 bits per heavy atom. The first-order chi connectivity index (χ1) is 17.2. The number of carbonyl (C=O) groups excluding carboxylic acids is 1. The molecule has 0 saturated heterocycles. The van der Waals surface area contributed by atoms with Gasteiger partial charge in [-0.25, -0.2) is 9.37 Å². The quantitative estimate of drug-likeness (QED) is 0.455. The number of halogens is 1. The van der Waals surface area contributed by atoms with Gasteiger partial charge in [0.25, 0.3) is 0 Å². The van der Waals surface area contributed by atoms with Crippen molar-refractivity contribution in [1.82, 2.24) is 14.5 Å². The third-order valence-corrected chi connectivity index (χ3v) is 5.90. The van der Waals surface area contributed by atoms with Crippen LogP contribution in [0.4, 0.5) is 4.39 Å². The van der Waals surface area contributed by atoms with E-state index in [0.29, 0.717) is 17.9 Å². The topological polar surface area (TPSA) is 97.2 Å². The summed E-state index contributed by atoms with van der Waals surface area (Å²) in [6.07, 6.45) is 0.553. The first-order valence-corrected chi connectivity index (χ1v) is 11.9. The summed E-state index contributed by atoms with van der Waals surface area (Å²) in [7, 11) is 1.44. The molecule has 2 N–H and O–H groups in total. The maximum atomic E-state index is 14.6. The predicted octanol–water partition coefficient (Wildman–Crippen LogP) is 4.33. The van der Waals surface area contributed by atoms with Crippen molar-refractivity contribution >= 4 is 5.91 Å². The Balaban J connectivity index is 2.19. The summed E-state index contributed by atoms with van der Waals surface area (Å²) < 4.78 is 21.7. The Morgan fingerprint density at radius 3 is 2.56 bits per heavy atom. The molecule has 0 bridgehead atoms. The molecule has 3 rings (SSSR count). The molecule has 7 nitrogen and oxygen atoms in total. The highest BCUT2D eigenvalue weighted by molar-refractivity contribution is 5.78. The van der Waals surface area contributed by atoms with Crippen LogP contribution in [0.5, 0.6) is 0 Å². The van der Waals surface area contributed by atoms with Gasteiger partial charge in [0.15, 0.2) is 0 Å². The zero-order chi connectivity index (χ0) is 26.3. The van der Waals surface area contributed by atoms with Crippen molar-refractivity contribution in [3.8, 4) is 17.3 Å². The number of amides is 1. The van der Waals surface area contributed by atoms with Crippen molar-refractivity contribution in [2.75, 3.05) is 26.8 Å². The van der Waals surface area contributed by atoms with E-state index in [1.54, 1.807) is 6.07 Å². The second-order valence-corrected chi connectivity index (χ2v) is 9.87. The molecular formula is C28H34FN5O2. The van der Waals surface area contributed by atoms with E-state index in [-0.39, 0.29) is 25.6 Å². The van der Waals surface area contributed by atoms with Gasteiger partial charge in [0, 0.05) is 32.0 Å². The van der Waals surface area contributed by atoms with Crippen molar-refractivity contribution in [1.29, 1.82) is 5.26 Å². The lowest BCUT2D eigenvalue weighted by Crippen LogP contribution is -2.47. The molecule has 0 saturated carbocycles. The van der Waals surface area contributed by atoms with Crippen LogP contribution in [-0.4, -0.2) is 53.3 Å². The Labute approximate surface area is 212 Å². The number of nitrogens with two attached hydrogens (primary N) is 1. The highest BCUT2D eigenvalue weighted by atomic mass is 19.1. The van der Waals surface area contributed by atoms with Crippen LogP contribution in [-0.2, 0) is 16.1 Å². The van der Waals surface area contributed by atoms with Crippen molar-refractivity contribution in [3.63, 3.8) is 0 Å². The fraction of sp³-hybridized carbons (Fsp3) is 0.393. The van der Waals surface area contributed by atoms with Crippen molar-refractivity contribution in [2.45, 2.75) is 39.5 Å². The maximum absolute atomic E-state index is 14.6. The highest BCUT2D eigenvalue weighted by Gasteiger charge is 2.39. The minimum absolute atomic E-state index is 0.169. The Bertz CT molecular complexity index is 1200. The number of nitriles is 1. The van der Waals surface area contributed by atoms with Gasteiger partial charge in [-0.2, -0.15) is 5.26 Å². The summed E-state index contributed by atoms with van der Waals surface area (Å²) in [5.41, 5.74) is 8.24. The van der Waals surface area contributed by atoms with E-state index in [9.17, 15) is 14.4 Å². The summed E-state index contributed by atoms with van der Waals surface area (Å²) in [5, 5.41) is 9.35. The molecule has 1 heterocycles. The average Bonchev–Trinajstić information content (AvgIpc) is 3.26. The zero-order valence-corrected chi connectivity index (χ0v) is 21.3. The van der Waals surface area contributed by atoms with E-state index in [1.165, 1.54) is 12.0 Å². The van der Waals surface area contributed by atoms with Crippen molar-refractivity contribution in [3.05, 3.63) is 77.7 Å². The van der Waals surface area contributed by atoms with Gasteiger partial charge in [-0.15, -0.1) is 0 Å². The highest BCUT2D eigenvalue weighted by Crippen LogP contribution is 2.39. The Morgan fingerprint density at radius 1 is 1.22 bits per heavy atom. The van der Waals surface area contributed by atoms with Gasteiger partial charge in [-0.05, 0) is 23.1 Å². The second kappa shape index (κ2) is 11.9. The minimum Gasteiger partial charge on any atom is -0.375 e. The summed E-state index contributed by atoms with van der Waals surface area (Å²) in [6, 6.07) is 18.7. The number of hydrogen-bond acceptors (Lipinski definition) is 5. The maximum Gasteiger partial charge on any atom is 0.249 e. The van der Waals surface area contributed by atoms with Crippen LogP contribution in [0.25, 0.3) is 11.3 Å². The lowest BCUT2D eigenvalue weighted by atomic mass is 9.84. The largest absolute Gasteiger partial charge is 0.375 e. The van der Waals surface area contributed by atoms with Crippen LogP contribution in [0, 0.1) is 16.7 Å². The average molecular weight is 492 g/mol.